The number of ether oxygens (including phenoxy) is 1. The third-order valence-corrected chi connectivity index (χ3v) is 5.61. The van der Waals surface area contributed by atoms with E-state index in [1.807, 2.05) is 81.4 Å². The number of carbonyl (C=O) groups excluding carboxylic acids is 1. The number of urea groups is 1. The summed E-state index contributed by atoms with van der Waals surface area (Å²) in [5.74, 6) is 0.884. The van der Waals surface area contributed by atoms with Crippen molar-refractivity contribution in [2.45, 2.75) is 33.9 Å². The standard InChI is InChI=1S/C29H28FN3O2/c1-20-17-21(2)31-22(3)28(20)32-29(34)33(18-23-7-5-4-6-8-23)19-24-9-13-26(14-10-24)35-27-15-11-25(30)12-16-27/h4-17H,18-19H2,1-3H3,(H,32,34). The van der Waals surface area contributed by atoms with Gasteiger partial charge in [0.1, 0.15) is 17.3 Å². The van der Waals surface area contributed by atoms with E-state index in [1.165, 1.54) is 12.1 Å². The van der Waals surface area contributed by atoms with Crippen molar-refractivity contribution >= 4 is 11.7 Å². The number of rotatable bonds is 7. The summed E-state index contributed by atoms with van der Waals surface area (Å²) in [6.45, 7) is 6.68. The fraction of sp³-hybridized carbons (Fsp3) is 0.172. The molecule has 0 fully saturated rings. The fourth-order valence-corrected chi connectivity index (χ4v) is 3.92. The molecule has 178 valence electrons. The largest absolute Gasteiger partial charge is 0.457 e. The molecule has 0 atom stereocenters. The van der Waals surface area contributed by atoms with Gasteiger partial charge < -0.3 is 15.0 Å². The first-order valence-electron chi connectivity index (χ1n) is 11.4. The number of benzene rings is 3. The summed E-state index contributed by atoms with van der Waals surface area (Å²) < 4.78 is 18.9. The molecule has 0 unspecified atom stereocenters. The number of pyridine rings is 1. The first-order chi connectivity index (χ1) is 16.9. The van der Waals surface area contributed by atoms with Crippen LogP contribution in [0.25, 0.3) is 0 Å². The molecular weight excluding hydrogens is 441 g/mol. The highest BCUT2D eigenvalue weighted by Crippen LogP contribution is 2.24. The Hall–Kier alpha value is -4.19. The fourth-order valence-electron chi connectivity index (χ4n) is 3.92. The first kappa shape index (κ1) is 24.0. The van der Waals surface area contributed by atoms with Crippen molar-refractivity contribution in [1.29, 1.82) is 0 Å². The zero-order valence-corrected chi connectivity index (χ0v) is 20.1. The zero-order valence-electron chi connectivity index (χ0n) is 20.1. The first-order valence-corrected chi connectivity index (χ1v) is 11.4. The SMILES string of the molecule is Cc1cc(C)c(NC(=O)N(Cc2ccccc2)Cc2ccc(Oc3ccc(F)cc3)cc2)c(C)n1. The summed E-state index contributed by atoms with van der Waals surface area (Å²) in [7, 11) is 0. The van der Waals surface area contributed by atoms with Crippen LogP contribution in [0.4, 0.5) is 14.9 Å². The lowest BCUT2D eigenvalue weighted by atomic mass is 10.1. The van der Waals surface area contributed by atoms with Gasteiger partial charge in [-0.25, -0.2) is 9.18 Å². The van der Waals surface area contributed by atoms with Crippen LogP contribution in [0, 0.1) is 26.6 Å². The predicted molar refractivity (Wildman–Crippen MR) is 136 cm³/mol. The Kier molecular flexibility index (Phi) is 7.41. The van der Waals surface area contributed by atoms with E-state index in [4.69, 9.17) is 4.74 Å². The third-order valence-electron chi connectivity index (χ3n) is 5.61. The van der Waals surface area contributed by atoms with Crippen molar-refractivity contribution in [2.24, 2.45) is 0 Å². The molecular formula is C29H28FN3O2. The summed E-state index contributed by atoms with van der Waals surface area (Å²) in [5.41, 5.74) is 5.42. The minimum atomic E-state index is -0.309. The number of aromatic nitrogens is 1. The maximum absolute atomic E-state index is 13.4. The van der Waals surface area contributed by atoms with Gasteiger partial charge in [0, 0.05) is 18.8 Å². The maximum Gasteiger partial charge on any atom is 0.322 e. The second-order valence-corrected chi connectivity index (χ2v) is 8.51. The van der Waals surface area contributed by atoms with Crippen LogP contribution in [0.3, 0.4) is 0 Å². The number of hydrogen-bond donors (Lipinski definition) is 1. The minimum Gasteiger partial charge on any atom is -0.457 e. The highest BCUT2D eigenvalue weighted by Gasteiger charge is 2.17. The molecule has 35 heavy (non-hydrogen) atoms. The Balaban J connectivity index is 1.51. The van der Waals surface area contributed by atoms with E-state index in [-0.39, 0.29) is 11.8 Å². The van der Waals surface area contributed by atoms with Crippen LogP contribution in [0.15, 0.2) is 84.9 Å². The molecule has 0 aliphatic heterocycles. The number of aryl methyl sites for hydroxylation is 3. The molecule has 3 aromatic carbocycles. The van der Waals surface area contributed by atoms with Crippen LogP contribution in [0.1, 0.15) is 28.1 Å². The van der Waals surface area contributed by atoms with Crippen molar-refractivity contribution in [3.05, 3.63) is 119 Å². The van der Waals surface area contributed by atoms with Crippen molar-refractivity contribution < 1.29 is 13.9 Å². The molecule has 0 radical (unpaired) electrons. The second-order valence-electron chi connectivity index (χ2n) is 8.51. The average molecular weight is 470 g/mol. The van der Waals surface area contributed by atoms with Crippen LogP contribution in [0.2, 0.25) is 0 Å². The van der Waals surface area contributed by atoms with E-state index < -0.39 is 0 Å². The van der Waals surface area contributed by atoms with Crippen LogP contribution >= 0.6 is 0 Å². The number of carbonyl (C=O) groups is 1. The van der Waals surface area contributed by atoms with E-state index in [0.717, 1.165) is 33.8 Å². The van der Waals surface area contributed by atoms with Gasteiger partial charge in [-0.1, -0.05) is 42.5 Å². The maximum atomic E-state index is 13.4. The van der Waals surface area contributed by atoms with Gasteiger partial charge in [-0.15, -0.1) is 0 Å². The van der Waals surface area contributed by atoms with E-state index in [9.17, 15) is 9.18 Å². The predicted octanol–water partition coefficient (Wildman–Crippen LogP) is 7.17. The van der Waals surface area contributed by atoms with E-state index >= 15 is 0 Å². The van der Waals surface area contributed by atoms with Crippen molar-refractivity contribution in [3.63, 3.8) is 0 Å². The molecule has 4 aromatic rings. The lowest BCUT2D eigenvalue weighted by Gasteiger charge is -2.24. The van der Waals surface area contributed by atoms with Gasteiger partial charge in [0.05, 0.1) is 11.4 Å². The lowest BCUT2D eigenvalue weighted by molar-refractivity contribution is 0.206. The number of amides is 2. The van der Waals surface area contributed by atoms with Gasteiger partial charge in [0.2, 0.25) is 0 Å². The summed E-state index contributed by atoms with van der Waals surface area (Å²) in [6.07, 6.45) is 0. The summed E-state index contributed by atoms with van der Waals surface area (Å²) >= 11 is 0. The summed E-state index contributed by atoms with van der Waals surface area (Å²) in [5, 5.41) is 3.06. The normalized spacial score (nSPS) is 10.6. The van der Waals surface area contributed by atoms with Crippen molar-refractivity contribution in [1.82, 2.24) is 9.88 Å². The summed E-state index contributed by atoms with van der Waals surface area (Å²) in [4.78, 5) is 19.6. The molecule has 0 saturated carbocycles. The molecule has 1 aromatic heterocycles. The smallest absolute Gasteiger partial charge is 0.322 e. The average Bonchev–Trinajstić information content (AvgIpc) is 2.84. The Morgan fingerprint density at radius 3 is 2.03 bits per heavy atom. The molecule has 0 bridgehead atoms. The van der Waals surface area contributed by atoms with Gasteiger partial charge in [-0.3, -0.25) is 4.98 Å². The van der Waals surface area contributed by atoms with Crippen molar-refractivity contribution in [3.8, 4) is 11.5 Å². The highest BCUT2D eigenvalue weighted by molar-refractivity contribution is 5.90. The van der Waals surface area contributed by atoms with Gasteiger partial charge >= 0.3 is 6.03 Å². The molecule has 0 spiro atoms. The van der Waals surface area contributed by atoms with Crippen LogP contribution < -0.4 is 10.1 Å². The van der Waals surface area contributed by atoms with Crippen molar-refractivity contribution in [2.75, 3.05) is 5.32 Å². The molecule has 1 N–H and O–H groups in total. The van der Waals surface area contributed by atoms with E-state index in [0.29, 0.717) is 24.6 Å². The Morgan fingerprint density at radius 1 is 0.857 bits per heavy atom. The molecule has 0 aliphatic rings. The monoisotopic (exact) mass is 469 g/mol. The number of nitrogens with one attached hydrogen (secondary N) is 1. The van der Waals surface area contributed by atoms with Gasteiger partial charge in [-0.2, -0.15) is 0 Å². The summed E-state index contributed by atoms with van der Waals surface area (Å²) in [6, 6.07) is 25.1. The molecule has 6 heteroatoms. The number of nitrogens with zero attached hydrogens (tertiary/aromatic N) is 2. The third kappa shape index (κ3) is 6.44. The molecule has 0 aliphatic carbocycles. The minimum absolute atomic E-state index is 0.197. The topological polar surface area (TPSA) is 54.5 Å². The quantitative estimate of drug-likeness (QED) is 0.312. The molecule has 1 heterocycles. The van der Waals surface area contributed by atoms with Crippen LogP contribution in [-0.4, -0.2) is 15.9 Å². The van der Waals surface area contributed by atoms with Crippen LogP contribution in [0.5, 0.6) is 11.5 Å². The molecule has 5 nitrogen and oxygen atoms in total. The molecule has 4 rings (SSSR count). The van der Waals surface area contributed by atoms with Gasteiger partial charge in [0.15, 0.2) is 0 Å². The van der Waals surface area contributed by atoms with Gasteiger partial charge in [0.25, 0.3) is 0 Å². The zero-order chi connectivity index (χ0) is 24.8. The Bertz CT molecular complexity index is 1270. The van der Waals surface area contributed by atoms with E-state index in [1.54, 1.807) is 17.0 Å². The number of hydrogen-bond acceptors (Lipinski definition) is 3. The highest BCUT2D eigenvalue weighted by atomic mass is 19.1. The van der Waals surface area contributed by atoms with E-state index in [2.05, 4.69) is 10.3 Å². The number of halogens is 1. The van der Waals surface area contributed by atoms with Crippen LogP contribution in [-0.2, 0) is 13.1 Å². The second kappa shape index (κ2) is 10.8. The molecule has 0 saturated heterocycles. The Labute approximate surface area is 205 Å². The molecule has 2 amide bonds. The lowest BCUT2D eigenvalue weighted by Crippen LogP contribution is -2.34. The number of anilines is 1. The Morgan fingerprint density at radius 2 is 1.43 bits per heavy atom. The van der Waals surface area contributed by atoms with Gasteiger partial charge in [-0.05, 0) is 79.9 Å².